The number of nitrogens with one attached hydrogen (secondary N) is 1. The molecule has 1 atom stereocenters. The van der Waals surface area contributed by atoms with E-state index in [2.05, 4.69) is 5.32 Å². The Balaban J connectivity index is 2.39. The molecular formula is C25H35N3O4S. The molecule has 0 saturated heterocycles. The molecule has 0 spiro atoms. The number of aryl methyl sites for hydroxylation is 2. The Bertz CT molecular complexity index is 1050. The number of rotatable bonds is 11. The van der Waals surface area contributed by atoms with E-state index in [1.54, 1.807) is 6.07 Å². The zero-order chi connectivity index (χ0) is 24.6. The number of amides is 2. The minimum Gasteiger partial charge on any atom is -0.355 e. The van der Waals surface area contributed by atoms with Gasteiger partial charge in [0.2, 0.25) is 21.8 Å². The van der Waals surface area contributed by atoms with Crippen LogP contribution in [0.2, 0.25) is 0 Å². The fourth-order valence-corrected chi connectivity index (χ4v) is 4.67. The van der Waals surface area contributed by atoms with Crippen molar-refractivity contribution in [2.45, 2.75) is 46.6 Å². The second kappa shape index (κ2) is 11.8. The summed E-state index contributed by atoms with van der Waals surface area (Å²) >= 11 is 0. The van der Waals surface area contributed by atoms with Crippen LogP contribution in [-0.2, 0) is 26.0 Å². The largest absolute Gasteiger partial charge is 0.355 e. The molecule has 7 nitrogen and oxygen atoms in total. The summed E-state index contributed by atoms with van der Waals surface area (Å²) in [6.07, 6.45) is 2.08. The second-order valence-electron chi connectivity index (χ2n) is 8.20. The van der Waals surface area contributed by atoms with E-state index in [4.69, 9.17) is 0 Å². The molecule has 0 bridgehead atoms. The first-order valence-electron chi connectivity index (χ1n) is 11.2. The van der Waals surface area contributed by atoms with E-state index in [1.807, 2.05) is 70.2 Å². The SMILES string of the molecule is CCNC(=O)[C@@H](CC)N(CCc1ccccc1)C(=O)CN(c1cc(C)ccc1C)S(C)(=O)=O. The van der Waals surface area contributed by atoms with Gasteiger partial charge in [0.25, 0.3) is 0 Å². The van der Waals surface area contributed by atoms with Gasteiger partial charge in [-0.2, -0.15) is 0 Å². The van der Waals surface area contributed by atoms with Crippen LogP contribution < -0.4 is 9.62 Å². The number of carbonyl (C=O) groups is 2. The monoisotopic (exact) mass is 473 g/mol. The first kappa shape index (κ1) is 26.4. The van der Waals surface area contributed by atoms with Crippen LogP contribution >= 0.6 is 0 Å². The van der Waals surface area contributed by atoms with Gasteiger partial charge in [-0.3, -0.25) is 13.9 Å². The summed E-state index contributed by atoms with van der Waals surface area (Å²) in [5, 5.41) is 2.80. The summed E-state index contributed by atoms with van der Waals surface area (Å²) in [5.41, 5.74) is 3.16. The minimum atomic E-state index is -3.73. The molecule has 0 aliphatic rings. The molecule has 33 heavy (non-hydrogen) atoms. The molecular weight excluding hydrogens is 438 g/mol. The lowest BCUT2D eigenvalue weighted by Crippen LogP contribution is -2.53. The fraction of sp³-hybridized carbons (Fsp3) is 0.440. The highest BCUT2D eigenvalue weighted by Gasteiger charge is 2.31. The first-order chi connectivity index (χ1) is 15.6. The van der Waals surface area contributed by atoms with Crippen molar-refractivity contribution in [3.8, 4) is 0 Å². The van der Waals surface area contributed by atoms with E-state index < -0.39 is 22.0 Å². The summed E-state index contributed by atoms with van der Waals surface area (Å²) in [6, 6.07) is 14.5. The molecule has 1 N–H and O–H groups in total. The summed E-state index contributed by atoms with van der Waals surface area (Å²) in [6.45, 7) is 7.76. The Kier molecular flexibility index (Phi) is 9.46. The van der Waals surface area contributed by atoms with Gasteiger partial charge >= 0.3 is 0 Å². The second-order valence-corrected chi connectivity index (χ2v) is 10.1. The van der Waals surface area contributed by atoms with Crippen LogP contribution in [0.4, 0.5) is 5.69 Å². The Morgan fingerprint density at radius 2 is 1.70 bits per heavy atom. The van der Waals surface area contributed by atoms with E-state index >= 15 is 0 Å². The van der Waals surface area contributed by atoms with Crippen LogP contribution in [-0.4, -0.2) is 57.1 Å². The van der Waals surface area contributed by atoms with E-state index in [9.17, 15) is 18.0 Å². The quantitative estimate of drug-likeness (QED) is 0.543. The van der Waals surface area contributed by atoms with Crippen molar-refractivity contribution in [3.05, 3.63) is 65.2 Å². The van der Waals surface area contributed by atoms with E-state index in [-0.39, 0.29) is 12.5 Å². The number of benzene rings is 2. The number of carbonyl (C=O) groups excluding carboxylic acids is 2. The van der Waals surface area contributed by atoms with Gasteiger partial charge in [0.1, 0.15) is 12.6 Å². The van der Waals surface area contributed by atoms with Crippen LogP contribution in [0.3, 0.4) is 0 Å². The average molecular weight is 474 g/mol. The van der Waals surface area contributed by atoms with Gasteiger partial charge in [0.15, 0.2) is 0 Å². The molecule has 0 fully saturated rings. The lowest BCUT2D eigenvalue weighted by atomic mass is 10.1. The van der Waals surface area contributed by atoms with Crippen LogP contribution in [0.5, 0.6) is 0 Å². The lowest BCUT2D eigenvalue weighted by Gasteiger charge is -2.33. The zero-order valence-electron chi connectivity index (χ0n) is 20.2. The van der Waals surface area contributed by atoms with Gasteiger partial charge in [0, 0.05) is 13.1 Å². The van der Waals surface area contributed by atoms with Gasteiger partial charge in [-0.25, -0.2) is 8.42 Å². The van der Waals surface area contributed by atoms with Crippen molar-refractivity contribution in [2.75, 3.05) is 30.2 Å². The molecule has 2 rings (SSSR count). The molecule has 8 heteroatoms. The predicted octanol–water partition coefficient (Wildman–Crippen LogP) is 3.06. The average Bonchev–Trinajstić information content (AvgIpc) is 2.76. The van der Waals surface area contributed by atoms with Crippen LogP contribution in [0.25, 0.3) is 0 Å². The third-order valence-electron chi connectivity index (χ3n) is 5.53. The maximum absolute atomic E-state index is 13.5. The number of hydrogen-bond acceptors (Lipinski definition) is 4. The predicted molar refractivity (Wildman–Crippen MR) is 133 cm³/mol. The van der Waals surface area contributed by atoms with E-state index in [0.717, 1.165) is 27.3 Å². The van der Waals surface area contributed by atoms with Gasteiger partial charge in [-0.1, -0.05) is 49.4 Å². The Morgan fingerprint density at radius 3 is 2.27 bits per heavy atom. The van der Waals surface area contributed by atoms with Crippen LogP contribution in [0.15, 0.2) is 48.5 Å². The highest BCUT2D eigenvalue weighted by atomic mass is 32.2. The summed E-state index contributed by atoms with van der Waals surface area (Å²) in [4.78, 5) is 27.8. The highest BCUT2D eigenvalue weighted by molar-refractivity contribution is 7.92. The van der Waals surface area contributed by atoms with Crippen molar-refractivity contribution in [1.82, 2.24) is 10.2 Å². The molecule has 2 aromatic rings. The summed E-state index contributed by atoms with van der Waals surface area (Å²) < 4.78 is 26.5. The van der Waals surface area contributed by atoms with Crippen molar-refractivity contribution in [3.63, 3.8) is 0 Å². The molecule has 0 unspecified atom stereocenters. The number of anilines is 1. The van der Waals surface area contributed by atoms with Crippen molar-refractivity contribution < 1.29 is 18.0 Å². The zero-order valence-corrected chi connectivity index (χ0v) is 21.0. The molecule has 0 aliphatic carbocycles. The summed E-state index contributed by atoms with van der Waals surface area (Å²) in [5.74, 6) is -0.644. The Labute approximate surface area is 197 Å². The maximum Gasteiger partial charge on any atom is 0.244 e. The van der Waals surface area contributed by atoms with Crippen LogP contribution in [0.1, 0.15) is 37.0 Å². The Hall–Kier alpha value is -2.87. The number of nitrogens with zero attached hydrogens (tertiary/aromatic N) is 2. The van der Waals surface area contributed by atoms with Gasteiger partial charge in [0.05, 0.1) is 11.9 Å². The molecule has 180 valence electrons. The van der Waals surface area contributed by atoms with Gasteiger partial charge in [-0.05, 0) is 56.4 Å². The normalized spacial score (nSPS) is 12.2. The van der Waals surface area contributed by atoms with E-state index in [1.165, 1.54) is 4.90 Å². The molecule has 2 amide bonds. The number of likely N-dealkylation sites (N-methyl/N-ethyl adjacent to an activating group) is 1. The molecule has 0 radical (unpaired) electrons. The third kappa shape index (κ3) is 7.32. The van der Waals surface area contributed by atoms with Crippen LogP contribution in [0, 0.1) is 13.8 Å². The Morgan fingerprint density at radius 1 is 1.03 bits per heavy atom. The van der Waals surface area contributed by atoms with Crippen molar-refractivity contribution in [1.29, 1.82) is 0 Å². The first-order valence-corrected chi connectivity index (χ1v) is 13.1. The van der Waals surface area contributed by atoms with E-state index in [0.29, 0.717) is 31.6 Å². The minimum absolute atomic E-state index is 0.237. The third-order valence-corrected chi connectivity index (χ3v) is 6.66. The maximum atomic E-state index is 13.5. The highest BCUT2D eigenvalue weighted by Crippen LogP contribution is 2.24. The molecule has 0 aromatic heterocycles. The topological polar surface area (TPSA) is 86.8 Å². The van der Waals surface area contributed by atoms with Crippen molar-refractivity contribution in [2.24, 2.45) is 0 Å². The van der Waals surface area contributed by atoms with Crippen molar-refractivity contribution >= 4 is 27.5 Å². The van der Waals surface area contributed by atoms with Gasteiger partial charge < -0.3 is 10.2 Å². The smallest absolute Gasteiger partial charge is 0.244 e. The number of hydrogen-bond donors (Lipinski definition) is 1. The fourth-order valence-electron chi connectivity index (χ4n) is 3.77. The standard InChI is InChI=1S/C25H35N3O4S/c1-6-22(25(30)26-7-2)27(16-15-21-11-9-8-10-12-21)24(29)18-28(33(5,31)32)23-17-19(3)13-14-20(23)4/h8-14,17,22H,6-7,15-16,18H2,1-5H3,(H,26,30)/t22-/m1/s1. The lowest BCUT2D eigenvalue weighted by molar-refractivity contribution is -0.139. The molecule has 0 saturated carbocycles. The number of sulfonamides is 1. The molecule has 0 heterocycles. The summed E-state index contributed by atoms with van der Waals surface area (Å²) in [7, 11) is -3.73. The molecule has 0 aliphatic heterocycles. The van der Waals surface area contributed by atoms with Gasteiger partial charge in [-0.15, -0.1) is 0 Å². The molecule has 2 aromatic carbocycles.